The van der Waals surface area contributed by atoms with Gasteiger partial charge < -0.3 is 20.9 Å². The number of pyridine rings is 2. The number of hydrogen-bond acceptors (Lipinski definition) is 8. The molecular weight excluding hydrogens is 490 g/mol. The van der Waals surface area contributed by atoms with Crippen molar-refractivity contribution in [2.45, 2.75) is 25.4 Å². The lowest BCUT2D eigenvalue weighted by Gasteiger charge is -2.20. The lowest BCUT2D eigenvalue weighted by molar-refractivity contribution is -0.136. The normalized spacial score (nSPS) is 14.0. The lowest BCUT2D eigenvalue weighted by Crippen LogP contribution is -2.47. The highest BCUT2D eigenvalue weighted by Crippen LogP contribution is 2.24. The molecule has 3 N–H and O–H groups in total. The molecule has 0 aromatic carbocycles. The number of nitrogens with one attached hydrogen (secondary N) is 3. The van der Waals surface area contributed by atoms with Crippen molar-refractivity contribution >= 4 is 46.5 Å². The highest BCUT2D eigenvalue weighted by atomic mass is 35.5. The van der Waals surface area contributed by atoms with Crippen molar-refractivity contribution < 1.29 is 14.4 Å². The molecule has 0 saturated heterocycles. The van der Waals surface area contributed by atoms with E-state index in [1.54, 1.807) is 24.5 Å². The first kappa shape index (κ1) is 24.7. The van der Waals surface area contributed by atoms with Crippen molar-refractivity contribution in [3.05, 3.63) is 69.0 Å². The molecule has 1 aliphatic rings. The molecule has 4 rings (SSSR count). The molecule has 0 radical (unpaired) electrons. The van der Waals surface area contributed by atoms with Crippen molar-refractivity contribution in [1.82, 2.24) is 30.5 Å². The maximum Gasteiger partial charge on any atom is 0.314 e. The number of carbonyl (C=O) groups excluding carboxylic acids is 3. The molecule has 0 fully saturated rings. The van der Waals surface area contributed by atoms with Gasteiger partial charge in [-0.05, 0) is 37.2 Å². The molecule has 1 aliphatic heterocycles. The van der Waals surface area contributed by atoms with E-state index < -0.39 is 17.9 Å². The third-order valence-corrected chi connectivity index (χ3v) is 6.65. The second-order valence-electron chi connectivity index (χ2n) is 8.14. The van der Waals surface area contributed by atoms with Crippen LogP contribution in [-0.2, 0) is 29.0 Å². The minimum Gasteiger partial charge on any atom is -0.346 e. The van der Waals surface area contributed by atoms with Gasteiger partial charge in [-0.15, -0.1) is 11.3 Å². The Morgan fingerprint density at radius 2 is 2.06 bits per heavy atom. The van der Waals surface area contributed by atoms with Crippen LogP contribution >= 0.6 is 22.9 Å². The van der Waals surface area contributed by atoms with E-state index in [-0.39, 0.29) is 18.3 Å². The van der Waals surface area contributed by atoms with Crippen LogP contribution in [-0.4, -0.2) is 63.8 Å². The molecule has 0 spiro atoms. The summed E-state index contributed by atoms with van der Waals surface area (Å²) < 4.78 is 0. The summed E-state index contributed by atoms with van der Waals surface area (Å²) in [6, 6.07) is 6.23. The van der Waals surface area contributed by atoms with Crippen LogP contribution in [0.25, 0.3) is 0 Å². The molecule has 10 nitrogen and oxygen atoms in total. The van der Waals surface area contributed by atoms with E-state index in [2.05, 4.69) is 35.8 Å². The number of halogens is 1. The SMILES string of the molecule is CN1CCc2nc(C(=O)NC(CNC(=O)C(=O)Nc3ccc(Cl)cn3)Cc3cccnc3)sc2C1. The van der Waals surface area contributed by atoms with Gasteiger partial charge in [0.2, 0.25) is 0 Å². The highest BCUT2D eigenvalue weighted by Gasteiger charge is 2.24. The number of amides is 3. The predicted molar refractivity (Wildman–Crippen MR) is 132 cm³/mol. The molecule has 12 heteroatoms. The average Bonchev–Trinajstić information content (AvgIpc) is 3.28. The van der Waals surface area contributed by atoms with Crippen LogP contribution in [0.3, 0.4) is 0 Å². The van der Waals surface area contributed by atoms with Crippen LogP contribution in [0.1, 0.15) is 25.9 Å². The number of likely N-dealkylation sites (N-methyl/N-ethyl adjacent to an activating group) is 1. The van der Waals surface area contributed by atoms with Crippen LogP contribution in [0.15, 0.2) is 42.9 Å². The van der Waals surface area contributed by atoms with Gasteiger partial charge in [-0.25, -0.2) is 9.97 Å². The molecule has 35 heavy (non-hydrogen) atoms. The Labute approximate surface area is 211 Å². The first-order chi connectivity index (χ1) is 16.9. The molecule has 1 atom stereocenters. The number of rotatable bonds is 7. The van der Waals surface area contributed by atoms with Crippen molar-refractivity contribution in [3.8, 4) is 0 Å². The summed E-state index contributed by atoms with van der Waals surface area (Å²) in [6.07, 6.45) is 5.93. The fourth-order valence-corrected chi connectivity index (χ4v) is 4.77. The Kier molecular flexibility index (Phi) is 8.01. The fourth-order valence-electron chi connectivity index (χ4n) is 3.56. The summed E-state index contributed by atoms with van der Waals surface area (Å²) in [5.41, 5.74) is 1.84. The smallest absolute Gasteiger partial charge is 0.314 e. The standard InChI is InChI=1S/C23H24ClN7O3S/c1-31-8-6-17-18(13-31)35-23(29-17)22(34)28-16(9-14-3-2-7-25-10-14)12-27-20(32)21(33)30-19-5-4-15(24)11-26-19/h2-5,7,10-11,16H,6,8-9,12-13H2,1H3,(H,27,32)(H,28,34)(H,26,30,33). The predicted octanol–water partition coefficient (Wildman–Crippen LogP) is 1.67. The highest BCUT2D eigenvalue weighted by molar-refractivity contribution is 7.13. The van der Waals surface area contributed by atoms with E-state index in [0.717, 1.165) is 35.6 Å². The molecule has 1 unspecified atom stereocenters. The minimum absolute atomic E-state index is 0.0365. The second kappa shape index (κ2) is 11.3. The van der Waals surface area contributed by atoms with Crippen molar-refractivity contribution in [3.63, 3.8) is 0 Å². The Morgan fingerprint density at radius 1 is 1.20 bits per heavy atom. The van der Waals surface area contributed by atoms with E-state index in [4.69, 9.17) is 11.6 Å². The molecule has 0 saturated carbocycles. The van der Waals surface area contributed by atoms with Crippen LogP contribution < -0.4 is 16.0 Å². The number of aromatic nitrogens is 3. The quantitative estimate of drug-likeness (QED) is 0.410. The maximum absolute atomic E-state index is 13.0. The van der Waals surface area contributed by atoms with Crippen LogP contribution in [0.5, 0.6) is 0 Å². The zero-order chi connectivity index (χ0) is 24.8. The summed E-state index contributed by atoms with van der Waals surface area (Å²) in [5.74, 6) is -1.83. The van der Waals surface area contributed by atoms with Gasteiger partial charge in [-0.3, -0.25) is 19.4 Å². The van der Waals surface area contributed by atoms with Gasteiger partial charge in [-0.2, -0.15) is 0 Å². The minimum atomic E-state index is -0.872. The van der Waals surface area contributed by atoms with Crippen LogP contribution in [0.2, 0.25) is 5.02 Å². The van der Waals surface area contributed by atoms with E-state index in [0.29, 0.717) is 16.5 Å². The molecule has 3 aromatic rings. The Bertz CT molecular complexity index is 1200. The van der Waals surface area contributed by atoms with Crippen molar-refractivity contribution in [2.24, 2.45) is 0 Å². The Morgan fingerprint density at radius 3 is 2.80 bits per heavy atom. The Hall–Kier alpha value is -3.41. The topological polar surface area (TPSA) is 129 Å². The van der Waals surface area contributed by atoms with E-state index in [1.807, 2.05) is 13.1 Å². The summed E-state index contributed by atoms with van der Waals surface area (Å²) >= 11 is 7.17. The summed E-state index contributed by atoms with van der Waals surface area (Å²) in [4.78, 5) is 53.5. The lowest BCUT2D eigenvalue weighted by atomic mass is 10.1. The first-order valence-corrected chi connectivity index (χ1v) is 12.1. The summed E-state index contributed by atoms with van der Waals surface area (Å²) in [7, 11) is 2.04. The van der Waals surface area contributed by atoms with Gasteiger partial charge in [0, 0.05) is 49.5 Å². The Balaban J connectivity index is 1.39. The van der Waals surface area contributed by atoms with Crippen molar-refractivity contribution in [2.75, 3.05) is 25.5 Å². The molecular formula is C23H24ClN7O3S. The first-order valence-electron chi connectivity index (χ1n) is 10.9. The number of nitrogens with zero attached hydrogens (tertiary/aromatic N) is 4. The number of thiazole rings is 1. The van der Waals surface area contributed by atoms with Gasteiger partial charge in [-0.1, -0.05) is 17.7 Å². The molecule has 4 heterocycles. The van der Waals surface area contributed by atoms with Gasteiger partial charge in [0.1, 0.15) is 5.82 Å². The largest absolute Gasteiger partial charge is 0.346 e. The van der Waals surface area contributed by atoms with Gasteiger partial charge in [0.15, 0.2) is 5.01 Å². The molecule has 0 bridgehead atoms. The van der Waals surface area contributed by atoms with Crippen molar-refractivity contribution in [1.29, 1.82) is 0 Å². The van der Waals surface area contributed by atoms with E-state index >= 15 is 0 Å². The third kappa shape index (κ3) is 6.81. The van der Waals surface area contributed by atoms with E-state index in [9.17, 15) is 14.4 Å². The average molecular weight is 514 g/mol. The maximum atomic E-state index is 13.0. The fraction of sp³-hybridized carbons (Fsp3) is 0.304. The van der Waals surface area contributed by atoms with Gasteiger partial charge in [0.25, 0.3) is 5.91 Å². The number of carbonyl (C=O) groups is 3. The van der Waals surface area contributed by atoms with Gasteiger partial charge >= 0.3 is 11.8 Å². The third-order valence-electron chi connectivity index (χ3n) is 5.34. The van der Waals surface area contributed by atoms with Gasteiger partial charge in [0.05, 0.1) is 16.8 Å². The number of hydrogen-bond donors (Lipinski definition) is 3. The summed E-state index contributed by atoms with van der Waals surface area (Å²) in [5, 5.41) is 8.74. The van der Waals surface area contributed by atoms with Crippen LogP contribution in [0, 0.1) is 0 Å². The molecule has 0 aliphatic carbocycles. The zero-order valence-corrected chi connectivity index (χ0v) is 20.5. The van der Waals surface area contributed by atoms with Crippen LogP contribution in [0.4, 0.5) is 5.82 Å². The summed E-state index contributed by atoms with van der Waals surface area (Å²) in [6.45, 7) is 1.71. The number of anilines is 1. The molecule has 3 aromatic heterocycles. The zero-order valence-electron chi connectivity index (χ0n) is 19.0. The molecule has 182 valence electrons. The molecule has 3 amide bonds. The number of fused-ring (bicyclic) bond motifs is 1. The van der Waals surface area contributed by atoms with E-state index in [1.165, 1.54) is 23.6 Å². The second-order valence-corrected chi connectivity index (χ2v) is 9.66. The monoisotopic (exact) mass is 513 g/mol.